The molecule has 6 atom stereocenters. The predicted octanol–water partition coefficient (Wildman–Crippen LogP) is 1.11. The number of nitrogens with one attached hydrogen (secondary N) is 2. The molecule has 4 nitrogen and oxygen atoms in total. The molecular formula is C14H22Cl2N2O2. The average Bonchev–Trinajstić information content (AvgIpc) is 2.91. The second-order valence-corrected chi connectivity index (χ2v) is 6.47. The first kappa shape index (κ1) is 16.2. The number of Topliss-reactive ketones (excluding diaryl/α,β-unsaturated/α-hetero) is 2. The number of fused-ring (bicyclic) bond motifs is 5. The maximum atomic E-state index is 12.4. The van der Waals surface area contributed by atoms with Crippen molar-refractivity contribution < 1.29 is 9.59 Å². The molecule has 2 N–H and O–H groups in total. The highest BCUT2D eigenvalue weighted by atomic mass is 35.5. The van der Waals surface area contributed by atoms with E-state index in [-0.39, 0.29) is 36.6 Å². The molecule has 2 heterocycles. The number of ketones is 2. The van der Waals surface area contributed by atoms with Crippen molar-refractivity contribution in [3.63, 3.8) is 0 Å². The highest BCUT2D eigenvalue weighted by molar-refractivity contribution is 5.87. The van der Waals surface area contributed by atoms with E-state index >= 15 is 0 Å². The zero-order valence-corrected chi connectivity index (χ0v) is 13.0. The molecule has 2 saturated carbocycles. The number of carbonyl (C=O) groups excluding carboxylic acids is 2. The molecule has 2 saturated heterocycles. The van der Waals surface area contributed by atoms with Crippen LogP contribution in [0.3, 0.4) is 0 Å². The van der Waals surface area contributed by atoms with Crippen LogP contribution in [-0.4, -0.2) is 36.2 Å². The van der Waals surface area contributed by atoms with Crippen LogP contribution in [-0.2, 0) is 9.59 Å². The van der Waals surface area contributed by atoms with E-state index < -0.39 is 0 Å². The van der Waals surface area contributed by atoms with Crippen molar-refractivity contribution in [2.24, 2.45) is 17.8 Å². The zero-order valence-electron chi connectivity index (χ0n) is 11.3. The van der Waals surface area contributed by atoms with Crippen LogP contribution < -0.4 is 10.6 Å². The number of rotatable bonds is 0. The molecule has 2 aliphatic heterocycles. The summed E-state index contributed by atoms with van der Waals surface area (Å²) in [7, 11) is 0. The van der Waals surface area contributed by atoms with Gasteiger partial charge in [-0.3, -0.25) is 9.59 Å². The summed E-state index contributed by atoms with van der Waals surface area (Å²) in [5.74, 6) is 1.69. The molecule has 4 aliphatic rings. The Bertz CT molecular complexity index is 418. The van der Waals surface area contributed by atoms with Crippen molar-refractivity contribution in [2.75, 3.05) is 6.54 Å². The molecular weight excluding hydrogens is 299 g/mol. The van der Waals surface area contributed by atoms with Crippen LogP contribution in [0.15, 0.2) is 0 Å². The highest BCUT2D eigenvalue weighted by Gasteiger charge is 2.55. The lowest BCUT2D eigenvalue weighted by Gasteiger charge is -2.36. The third-order valence-corrected chi connectivity index (χ3v) is 5.59. The summed E-state index contributed by atoms with van der Waals surface area (Å²) in [5.41, 5.74) is 0. The van der Waals surface area contributed by atoms with Crippen molar-refractivity contribution in [1.29, 1.82) is 0 Å². The molecule has 0 radical (unpaired) electrons. The van der Waals surface area contributed by atoms with Crippen molar-refractivity contribution in [1.82, 2.24) is 10.6 Å². The van der Waals surface area contributed by atoms with E-state index in [9.17, 15) is 9.59 Å². The van der Waals surface area contributed by atoms with Gasteiger partial charge in [0.1, 0.15) is 11.6 Å². The minimum atomic E-state index is 0. The van der Waals surface area contributed by atoms with Gasteiger partial charge < -0.3 is 10.6 Å². The van der Waals surface area contributed by atoms with Gasteiger partial charge >= 0.3 is 0 Å². The van der Waals surface area contributed by atoms with E-state index in [4.69, 9.17) is 0 Å². The van der Waals surface area contributed by atoms with E-state index in [2.05, 4.69) is 10.6 Å². The Balaban J connectivity index is 0.000000735. The van der Waals surface area contributed by atoms with Crippen LogP contribution in [0.4, 0.5) is 0 Å². The van der Waals surface area contributed by atoms with E-state index in [0.29, 0.717) is 48.5 Å². The molecule has 20 heavy (non-hydrogen) atoms. The summed E-state index contributed by atoms with van der Waals surface area (Å²) in [4.78, 5) is 24.1. The Labute approximate surface area is 131 Å². The number of carbonyl (C=O) groups is 2. The molecule has 0 amide bonds. The number of halogens is 2. The van der Waals surface area contributed by atoms with Gasteiger partial charge in [-0.2, -0.15) is 0 Å². The summed E-state index contributed by atoms with van der Waals surface area (Å²) < 4.78 is 0. The molecule has 0 aromatic heterocycles. The average molecular weight is 321 g/mol. The first-order valence-corrected chi connectivity index (χ1v) is 7.28. The molecule has 114 valence electrons. The van der Waals surface area contributed by atoms with Gasteiger partial charge in [0.15, 0.2) is 0 Å². The van der Waals surface area contributed by atoms with Crippen molar-refractivity contribution in [3.05, 3.63) is 0 Å². The van der Waals surface area contributed by atoms with Gasteiger partial charge in [0, 0.05) is 43.3 Å². The van der Waals surface area contributed by atoms with E-state index in [1.54, 1.807) is 0 Å². The summed E-state index contributed by atoms with van der Waals surface area (Å²) in [6, 6.07) is 1.16. The summed E-state index contributed by atoms with van der Waals surface area (Å²) in [6.45, 7) is 1.04. The van der Waals surface area contributed by atoms with Crippen molar-refractivity contribution >= 4 is 36.4 Å². The minimum absolute atomic E-state index is 0. The largest absolute Gasteiger partial charge is 0.312 e. The smallest absolute Gasteiger partial charge is 0.138 e. The maximum absolute atomic E-state index is 12.4. The summed E-state index contributed by atoms with van der Waals surface area (Å²) in [5, 5.41) is 7.25. The van der Waals surface area contributed by atoms with Crippen molar-refractivity contribution in [2.45, 2.75) is 50.2 Å². The Hall–Kier alpha value is -0.160. The summed E-state index contributed by atoms with van der Waals surface area (Å²) >= 11 is 0. The van der Waals surface area contributed by atoms with E-state index in [1.165, 1.54) is 0 Å². The van der Waals surface area contributed by atoms with Crippen LogP contribution in [0.1, 0.15) is 32.1 Å². The lowest BCUT2D eigenvalue weighted by atomic mass is 9.68. The van der Waals surface area contributed by atoms with Gasteiger partial charge in [-0.15, -0.1) is 24.8 Å². The topological polar surface area (TPSA) is 58.2 Å². The fourth-order valence-corrected chi connectivity index (χ4v) is 4.83. The molecule has 0 spiro atoms. The van der Waals surface area contributed by atoms with Crippen LogP contribution in [0.2, 0.25) is 0 Å². The van der Waals surface area contributed by atoms with E-state index in [1.807, 2.05) is 0 Å². The molecule has 0 aromatic rings. The maximum Gasteiger partial charge on any atom is 0.138 e. The second-order valence-electron chi connectivity index (χ2n) is 6.47. The summed E-state index contributed by atoms with van der Waals surface area (Å²) in [6.07, 6.45) is 4.12. The SMILES string of the molecule is Cl.Cl.O=C1CCC2NC3C4NCCC4CC(=O)C3C2C1. The third-order valence-electron chi connectivity index (χ3n) is 5.59. The normalized spacial score (nSPS) is 45.8. The van der Waals surface area contributed by atoms with Gasteiger partial charge in [0.25, 0.3) is 0 Å². The Morgan fingerprint density at radius 2 is 1.80 bits per heavy atom. The monoisotopic (exact) mass is 320 g/mol. The second kappa shape index (κ2) is 5.91. The molecule has 6 unspecified atom stereocenters. The molecule has 0 bridgehead atoms. The van der Waals surface area contributed by atoms with Gasteiger partial charge in [-0.25, -0.2) is 0 Å². The van der Waals surface area contributed by atoms with Gasteiger partial charge in [-0.05, 0) is 31.2 Å². The molecule has 6 heteroatoms. The lowest BCUT2D eigenvalue weighted by Crippen LogP contribution is -2.54. The number of hydrogen-bond acceptors (Lipinski definition) is 4. The first-order valence-electron chi connectivity index (χ1n) is 7.28. The highest BCUT2D eigenvalue weighted by Crippen LogP contribution is 2.44. The van der Waals surface area contributed by atoms with Crippen LogP contribution in [0.25, 0.3) is 0 Å². The molecule has 4 rings (SSSR count). The fourth-order valence-electron chi connectivity index (χ4n) is 4.83. The Morgan fingerprint density at radius 1 is 1.00 bits per heavy atom. The van der Waals surface area contributed by atoms with Crippen LogP contribution in [0.5, 0.6) is 0 Å². The van der Waals surface area contributed by atoms with E-state index in [0.717, 1.165) is 25.8 Å². The third kappa shape index (κ3) is 2.31. The van der Waals surface area contributed by atoms with Gasteiger partial charge in [0.05, 0.1) is 0 Å². The first-order chi connectivity index (χ1) is 8.74. The number of hydrogen-bond donors (Lipinski definition) is 2. The van der Waals surface area contributed by atoms with Crippen molar-refractivity contribution in [3.8, 4) is 0 Å². The minimum Gasteiger partial charge on any atom is -0.312 e. The standard InChI is InChI=1S/C14H20N2O2.2ClH/c17-8-1-2-10-9(6-8)12-11(18)5-7-3-4-15-13(7)14(12)16-10;;/h7,9-10,12-16H,1-6H2;2*1H. The molecule has 0 aromatic carbocycles. The quantitative estimate of drug-likeness (QED) is 0.702. The van der Waals surface area contributed by atoms with Crippen LogP contribution in [0, 0.1) is 17.8 Å². The molecule has 4 fully saturated rings. The lowest BCUT2D eigenvalue weighted by molar-refractivity contribution is -0.129. The Kier molecular flexibility index (Phi) is 4.80. The Morgan fingerprint density at radius 3 is 2.60 bits per heavy atom. The van der Waals surface area contributed by atoms with Crippen LogP contribution >= 0.6 is 24.8 Å². The van der Waals surface area contributed by atoms with Gasteiger partial charge in [0.2, 0.25) is 0 Å². The van der Waals surface area contributed by atoms with Gasteiger partial charge in [-0.1, -0.05) is 0 Å². The fraction of sp³-hybridized carbons (Fsp3) is 0.857. The zero-order chi connectivity index (χ0) is 12.3. The molecule has 2 aliphatic carbocycles. The predicted molar refractivity (Wildman–Crippen MR) is 80.6 cm³/mol.